The minimum atomic E-state index is -5.08. The second kappa shape index (κ2) is 13.2. The number of halogens is 6. The van der Waals surface area contributed by atoms with Crippen molar-refractivity contribution in [1.82, 2.24) is 15.1 Å². The Morgan fingerprint density at radius 2 is 1.50 bits per heavy atom. The number of carboxylic acid groups (broad SMARTS) is 2. The van der Waals surface area contributed by atoms with E-state index in [1.807, 2.05) is 0 Å². The first kappa shape index (κ1) is 29.8. The molecule has 1 saturated heterocycles. The van der Waals surface area contributed by atoms with Gasteiger partial charge in [-0.2, -0.15) is 31.4 Å². The summed E-state index contributed by atoms with van der Waals surface area (Å²) in [6.45, 7) is 5.71. The quantitative estimate of drug-likeness (QED) is 0.477. The Kier molecular flexibility index (Phi) is 11.0. The van der Waals surface area contributed by atoms with Crippen molar-refractivity contribution < 1.29 is 55.6 Å². The van der Waals surface area contributed by atoms with Crippen LogP contribution in [0.5, 0.6) is 0 Å². The van der Waals surface area contributed by atoms with Gasteiger partial charge in [0.25, 0.3) is 0 Å². The molecule has 0 bridgehead atoms. The Bertz CT molecular complexity index is 826. The topological polar surface area (TPSA) is 123 Å². The number of fused-ring (bicyclic) bond motifs is 1. The van der Waals surface area contributed by atoms with Gasteiger partial charge in [-0.3, -0.25) is 4.68 Å². The zero-order valence-corrected chi connectivity index (χ0v) is 19.3. The normalized spacial score (nSPS) is 20.3. The lowest BCUT2D eigenvalue weighted by atomic mass is 10.00. The van der Waals surface area contributed by atoms with E-state index < -0.39 is 24.3 Å². The highest BCUT2D eigenvalue weighted by atomic mass is 19.4. The molecule has 3 heterocycles. The second-order valence-corrected chi connectivity index (χ2v) is 8.63. The third-order valence-electron chi connectivity index (χ3n) is 5.60. The summed E-state index contributed by atoms with van der Waals surface area (Å²) < 4.78 is 77.0. The van der Waals surface area contributed by atoms with Crippen molar-refractivity contribution in [2.24, 2.45) is 11.8 Å². The molecule has 15 heteroatoms. The van der Waals surface area contributed by atoms with E-state index in [1.165, 1.54) is 36.9 Å². The van der Waals surface area contributed by atoms with Crippen molar-refractivity contribution in [2.45, 2.75) is 57.1 Å². The van der Waals surface area contributed by atoms with E-state index in [0.29, 0.717) is 0 Å². The van der Waals surface area contributed by atoms with Gasteiger partial charge in [0, 0.05) is 32.5 Å². The standard InChI is InChI=1S/C17H27N3O2.2C2HF3O2/c1-2-14(1)11-20-12-15-5-8-22-16(17(15)19-20)10-18-9-13-3-6-21-7-4-13;2*3-2(4,5)1(6)7/h12-14,16,18H,1-11H2;2*(H,6,7). The van der Waals surface area contributed by atoms with Crippen LogP contribution in [0.3, 0.4) is 0 Å². The van der Waals surface area contributed by atoms with Crippen LogP contribution in [-0.2, 0) is 32.0 Å². The molecule has 1 unspecified atom stereocenters. The summed E-state index contributed by atoms with van der Waals surface area (Å²) >= 11 is 0. The fourth-order valence-electron chi connectivity index (χ4n) is 3.51. The highest BCUT2D eigenvalue weighted by Gasteiger charge is 2.39. The van der Waals surface area contributed by atoms with E-state index in [4.69, 9.17) is 34.4 Å². The molecule has 206 valence electrons. The average Bonchev–Trinajstić information content (AvgIpc) is 3.50. The van der Waals surface area contributed by atoms with Crippen molar-refractivity contribution in [3.05, 3.63) is 17.5 Å². The highest BCUT2D eigenvalue weighted by molar-refractivity contribution is 5.73. The summed E-state index contributed by atoms with van der Waals surface area (Å²) in [6, 6.07) is 0. The molecule has 3 N–H and O–H groups in total. The Labute approximate surface area is 202 Å². The summed E-state index contributed by atoms with van der Waals surface area (Å²) in [5.41, 5.74) is 2.57. The van der Waals surface area contributed by atoms with Crippen molar-refractivity contribution in [3.63, 3.8) is 0 Å². The molecule has 1 aliphatic carbocycles. The van der Waals surface area contributed by atoms with Crippen molar-refractivity contribution >= 4 is 11.9 Å². The number of aromatic nitrogens is 2. The van der Waals surface area contributed by atoms with Crippen LogP contribution in [0, 0.1) is 11.8 Å². The van der Waals surface area contributed by atoms with E-state index in [0.717, 1.165) is 57.7 Å². The number of aliphatic carboxylic acids is 2. The van der Waals surface area contributed by atoms with E-state index in [9.17, 15) is 26.3 Å². The molecule has 9 nitrogen and oxygen atoms in total. The minimum Gasteiger partial charge on any atom is -0.475 e. The molecule has 1 aromatic rings. The Morgan fingerprint density at radius 1 is 0.944 bits per heavy atom. The van der Waals surface area contributed by atoms with Gasteiger partial charge in [0.15, 0.2) is 0 Å². The highest BCUT2D eigenvalue weighted by Crippen LogP contribution is 2.32. The first-order valence-corrected chi connectivity index (χ1v) is 11.3. The van der Waals surface area contributed by atoms with Gasteiger partial charge in [-0.05, 0) is 56.0 Å². The summed E-state index contributed by atoms with van der Waals surface area (Å²) in [6.07, 6.45) is -1.67. The van der Waals surface area contributed by atoms with E-state index in [-0.39, 0.29) is 6.10 Å². The number of alkyl halides is 6. The van der Waals surface area contributed by atoms with Gasteiger partial charge in [0.2, 0.25) is 0 Å². The van der Waals surface area contributed by atoms with Gasteiger partial charge in [0.05, 0.1) is 12.3 Å². The van der Waals surface area contributed by atoms with E-state index in [2.05, 4.69) is 16.2 Å². The second-order valence-electron chi connectivity index (χ2n) is 8.63. The fourth-order valence-corrected chi connectivity index (χ4v) is 3.51. The number of nitrogens with one attached hydrogen (secondary N) is 1. The lowest BCUT2D eigenvalue weighted by molar-refractivity contribution is -0.193. The van der Waals surface area contributed by atoms with Crippen LogP contribution in [0.25, 0.3) is 0 Å². The molecule has 2 aliphatic heterocycles. The smallest absolute Gasteiger partial charge is 0.475 e. The number of hydrogen-bond donors (Lipinski definition) is 3. The molecule has 0 aromatic carbocycles. The molecule has 1 aromatic heterocycles. The van der Waals surface area contributed by atoms with Gasteiger partial charge in [-0.25, -0.2) is 9.59 Å². The van der Waals surface area contributed by atoms with Crippen LogP contribution in [0.15, 0.2) is 6.20 Å². The molecule has 3 aliphatic rings. The molecule has 36 heavy (non-hydrogen) atoms. The number of rotatable bonds is 6. The zero-order valence-electron chi connectivity index (χ0n) is 19.3. The SMILES string of the molecule is O=C(O)C(F)(F)F.O=C(O)C(F)(F)F.c1c2c(nn1CC1CC1)C(CNCC1CCOCC1)OCC2. The largest absolute Gasteiger partial charge is 0.490 e. The molecule has 2 fully saturated rings. The number of hydrogen-bond acceptors (Lipinski definition) is 6. The van der Waals surface area contributed by atoms with Gasteiger partial charge in [-0.15, -0.1) is 0 Å². The van der Waals surface area contributed by atoms with E-state index >= 15 is 0 Å². The van der Waals surface area contributed by atoms with Crippen LogP contribution < -0.4 is 5.32 Å². The molecule has 4 rings (SSSR count). The van der Waals surface area contributed by atoms with Gasteiger partial charge < -0.3 is 25.0 Å². The first-order valence-electron chi connectivity index (χ1n) is 11.3. The third-order valence-corrected chi connectivity index (χ3v) is 5.60. The molecule has 0 amide bonds. The van der Waals surface area contributed by atoms with Gasteiger partial charge in [-0.1, -0.05) is 0 Å². The molecule has 0 spiro atoms. The molecule has 1 atom stereocenters. The van der Waals surface area contributed by atoms with Crippen molar-refractivity contribution in [1.29, 1.82) is 0 Å². The van der Waals surface area contributed by atoms with Crippen molar-refractivity contribution in [2.75, 3.05) is 32.9 Å². The number of carboxylic acids is 2. The predicted molar refractivity (Wildman–Crippen MR) is 111 cm³/mol. The Hall–Kier alpha value is -2.39. The number of carbonyl (C=O) groups is 2. The van der Waals surface area contributed by atoms with Crippen LogP contribution in [0.2, 0.25) is 0 Å². The van der Waals surface area contributed by atoms with Gasteiger partial charge >= 0.3 is 24.3 Å². The fraction of sp³-hybridized carbons (Fsp3) is 0.762. The summed E-state index contributed by atoms with van der Waals surface area (Å²) in [5, 5.41) is 22.7. The lowest BCUT2D eigenvalue weighted by Gasteiger charge is -2.25. The summed E-state index contributed by atoms with van der Waals surface area (Å²) in [4.78, 5) is 17.8. The van der Waals surface area contributed by atoms with Crippen LogP contribution in [-0.4, -0.2) is 77.2 Å². The lowest BCUT2D eigenvalue weighted by Crippen LogP contribution is -2.33. The maximum Gasteiger partial charge on any atom is 0.490 e. The Balaban J connectivity index is 0.000000271. The van der Waals surface area contributed by atoms with E-state index in [1.54, 1.807) is 0 Å². The molecular formula is C21H29F6N3O6. The monoisotopic (exact) mass is 533 g/mol. The summed E-state index contributed by atoms with van der Waals surface area (Å²) in [5.74, 6) is -3.89. The van der Waals surface area contributed by atoms with Crippen molar-refractivity contribution in [3.8, 4) is 0 Å². The van der Waals surface area contributed by atoms with Gasteiger partial charge in [0.1, 0.15) is 6.10 Å². The number of nitrogens with zero attached hydrogens (tertiary/aromatic N) is 2. The average molecular weight is 533 g/mol. The summed E-state index contributed by atoms with van der Waals surface area (Å²) in [7, 11) is 0. The Morgan fingerprint density at radius 3 is 2.00 bits per heavy atom. The first-order chi connectivity index (χ1) is 16.8. The molecular weight excluding hydrogens is 504 g/mol. The third kappa shape index (κ3) is 10.7. The molecule has 1 saturated carbocycles. The maximum atomic E-state index is 10.6. The van der Waals surface area contributed by atoms with Crippen LogP contribution in [0.1, 0.15) is 43.0 Å². The maximum absolute atomic E-state index is 10.6. The van der Waals surface area contributed by atoms with Crippen LogP contribution >= 0.6 is 0 Å². The van der Waals surface area contributed by atoms with Crippen LogP contribution in [0.4, 0.5) is 26.3 Å². The molecule has 0 radical (unpaired) electrons. The predicted octanol–water partition coefficient (Wildman–Crippen LogP) is 3.19. The number of ether oxygens (including phenoxy) is 2. The zero-order chi connectivity index (χ0) is 26.9. The minimum absolute atomic E-state index is 0.129.